The number of hydrogen-bond acceptors (Lipinski definition) is 5. The lowest BCUT2D eigenvalue weighted by Crippen LogP contribution is -2.45. The molecule has 2 N–H and O–H groups in total. The van der Waals surface area contributed by atoms with Gasteiger partial charge in [-0.2, -0.15) is 4.31 Å². The Kier molecular flexibility index (Phi) is 4.96. The highest BCUT2D eigenvalue weighted by molar-refractivity contribution is 7.89. The van der Waals surface area contributed by atoms with Crippen LogP contribution in [0.3, 0.4) is 0 Å². The van der Waals surface area contributed by atoms with Crippen molar-refractivity contribution in [1.82, 2.24) is 9.29 Å². The van der Waals surface area contributed by atoms with Crippen LogP contribution in [0.25, 0.3) is 0 Å². The third kappa shape index (κ3) is 3.60. The second kappa shape index (κ2) is 6.54. The number of aromatic nitrogens is 1. The first-order chi connectivity index (χ1) is 9.95. The van der Waals surface area contributed by atoms with E-state index in [1.165, 1.54) is 22.8 Å². The first kappa shape index (κ1) is 15.9. The van der Waals surface area contributed by atoms with Crippen LogP contribution in [-0.4, -0.2) is 53.7 Å². The third-order valence-corrected chi connectivity index (χ3v) is 5.37. The minimum absolute atomic E-state index is 0.0500. The lowest BCUT2D eigenvalue weighted by molar-refractivity contribution is 0.0605. The van der Waals surface area contributed by atoms with Gasteiger partial charge in [-0.05, 0) is 18.4 Å². The number of sulfonamides is 1. The van der Waals surface area contributed by atoms with E-state index in [-0.39, 0.29) is 24.0 Å². The van der Waals surface area contributed by atoms with Gasteiger partial charge in [0.2, 0.25) is 10.0 Å². The molecular weight excluding hydrogens is 292 g/mol. The molecule has 0 saturated carbocycles. The van der Waals surface area contributed by atoms with Crippen LogP contribution in [0.15, 0.2) is 23.4 Å². The summed E-state index contributed by atoms with van der Waals surface area (Å²) in [5.41, 5.74) is 0.427. The predicted molar refractivity (Wildman–Crippen MR) is 76.7 cm³/mol. The minimum Gasteiger partial charge on any atom is -0.391 e. The average molecular weight is 310 g/mol. The highest BCUT2D eigenvalue weighted by Gasteiger charge is 2.32. The van der Waals surface area contributed by atoms with Gasteiger partial charge in [-0.15, -0.1) is 0 Å². The molecule has 1 aromatic rings. The zero-order chi connectivity index (χ0) is 15.5. The van der Waals surface area contributed by atoms with Crippen LogP contribution in [0, 0.1) is 17.8 Å². The number of aliphatic hydroxyl groups is 2. The Morgan fingerprint density at radius 3 is 2.90 bits per heavy atom. The molecule has 0 radical (unpaired) electrons. The van der Waals surface area contributed by atoms with Crippen LogP contribution < -0.4 is 0 Å². The van der Waals surface area contributed by atoms with Crippen molar-refractivity contribution in [3.8, 4) is 11.8 Å². The highest BCUT2D eigenvalue weighted by Crippen LogP contribution is 2.23. The second-order valence-electron chi connectivity index (χ2n) is 5.07. The van der Waals surface area contributed by atoms with E-state index in [4.69, 9.17) is 5.11 Å². The summed E-state index contributed by atoms with van der Waals surface area (Å²) in [6.45, 7) is 2.08. The molecular formula is C14H18N2O4S. The topological polar surface area (TPSA) is 90.7 Å². The standard InChI is InChI=1S/C14H18N2O4S/c1-11-4-5-16(10-14(11)18)21(19,20)13-7-12(3-2-6-17)8-15-9-13/h7-9,11,14,17-18H,4-6,10H2,1H3. The van der Waals surface area contributed by atoms with Gasteiger partial charge in [0.15, 0.2) is 0 Å². The molecule has 1 aromatic heterocycles. The molecule has 0 bridgehead atoms. The van der Waals surface area contributed by atoms with Crippen LogP contribution in [0.2, 0.25) is 0 Å². The van der Waals surface area contributed by atoms with Gasteiger partial charge in [0, 0.05) is 31.0 Å². The molecule has 7 heteroatoms. The lowest BCUT2D eigenvalue weighted by Gasteiger charge is -2.33. The van der Waals surface area contributed by atoms with E-state index in [0.29, 0.717) is 18.5 Å². The van der Waals surface area contributed by atoms with Crippen molar-refractivity contribution in [2.45, 2.75) is 24.3 Å². The van der Waals surface area contributed by atoms with Gasteiger partial charge in [0.25, 0.3) is 0 Å². The number of hydrogen-bond donors (Lipinski definition) is 2. The Bertz CT molecular complexity index is 663. The molecule has 0 amide bonds. The summed E-state index contributed by atoms with van der Waals surface area (Å²) in [6.07, 6.45) is 2.68. The quantitative estimate of drug-likeness (QED) is 0.739. The maximum Gasteiger partial charge on any atom is 0.244 e. The molecule has 2 rings (SSSR count). The van der Waals surface area contributed by atoms with Gasteiger partial charge in [-0.3, -0.25) is 4.98 Å². The van der Waals surface area contributed by atoms with E-state index in [9.17, 15) is 13.5 Å². The highest BCUT2D eigenvalue weighted by atomic mass is 32.2. The van der Waals surface area contributed by atoms with E-state index in [2.05, 4.69) is 16.8 Å². The normalized spacial score (nSPS) is 23.4. The number of nitrogens with zero attached hydrogens (tertiary/aromatic N) is 2. The van der Waals surface area contributed by atoms with Crippen molar-refractivity contribution in [1.29, 1.82) is 0 Å². The van der Waals surface area contributed by atoms with E-state index in [1.54, 1.807) is 0 Å². The van der Waals surface area contributed by atoms with Gasteiger partial charge in [-0.1, -0.05) is 18.8 Å². The Morgan fingerprint density at radius 1 is 1.48 bits per heavy atom. The Hall–Kier alpha value is -1.46. The molecule has 2 atom stereocenters. The zero-order valence-electron chi connectivity index (χ0n) is 11.7. The molecule has 0 aliphatic carbocycles. The second-order valence-corrected chi connectivity index (χ2v) is 7.00. The van der Waals surface area contributed by atoms with E-state index >= 15 is 0 Å². The number of pyridine rings is 1. The van der Waals surface area contributed by atoms with Gasteiger partial charge < -0.3 is 10.2 Å². The summed E-state index contributed by atoms with van der Waals surface area (Å²) < 4.78 is 26.4. The molecule has 2 heterocycles. The van der Waals surface area contributed by atoms with Gasteiger partial charge in [-0.25, -0.2) is 8.42 Å². The van der Waals surface area contributed by atoms with Crippen LogP contribution in [0.4, 0.5) is 0 Å². The summed E-state index contributed by atoms with van der Waals surface area (Å²) in [6, 6.07) is 1.43. The first-order valence-electron chi connectivity index (χ1n) is 6.68. The van der Waals surface area contributed by atoms with E-state index < -0.39 is 16.1 Å². The number of β-amino-alcohol motifs (C(OH)–C–C–N with tert-alkyl or cyclic N) is 1. The Labute approximate surface area is 124 Å². The SMILES string of the molecule is CC1CCN(S(=O)(=O)c2cncc(C#CCO)c2)CC1O. The summed E-state index contributed by atoms with van der Waals surface area (Å²) in [5, 5.41) is 18.5. The maximum atomic E-state index is 12.5. The molecule has 2 unspecified atom stereocenters. The number of piperidine rings is 1. The minimum atomic E-state index is -3.69. The maximum absolute atomic E-state index is 12.5. The Morgan fingerprint density at radius 2 is 2.24 bits per heavy atom. The molecule has 114 valence electrons. The molecule has 0 aromatic carbocycles. The average Bonchev–Trinajstić information content (AvgIpc) is 2.48. The van der Waals surface area contributed by atoms with Crippen molar-refractivity contribution in [2.75, 3.05) is 19.7 Å². The van der Waals surface area contributed by atoms with Crippen molar-refractivity contribution in [3.05, 3.63) is 24.0 Å². The molecule has 6 nitrogen and oxygen atoms in total. The molecule has 0 spiro atoms. The first-order valence-corrected chi connectivity index (χ1v) is 8.12. The largest absolute Gasteiger partial charge is 0.391 e. The fourth-order valence-corrected chi connectivity index (χ4v) is 3.62. The summed E-state index contributed by atoms with van der Waals surface area (Å²) in [7, 11) is -3.69. The molecule has 1 saturated heterocycles. The molecule has 21 heavy (non-hydrogen) atoms. The molecule has 1 aliphatic rings. The molecule has 1 aliphatic heterocycles. The fraction of sp³-hybridized carbons (Fsp3) is 0.500. The van der Waals surface area contributed by atoms with Crippen molar-refractivity contribution >= 4 is 10.0 Å². The predicted octanol–water partition coefficient (Wildman–Crippen LogP) is -0.183. The van der Waals surface area contributed by atoms with Crippen LogP contribution in [0.1, 0.15) is 18.9 Å². The van der Waals surface area contributed by atoms with Crippen molar-refractivity contribution < 1.29 is 18.6 Å². The fourth-order valence-electron chi connectivity index (χ4n) is 2.16. The third-order valence-electron chi connectivity index (χ3n) is 3.54. The molecule has 1 fully saturated rings. The number of rotatable bonds is 2. The summed E-state index contributed by atoms with van der Waals surface area (Å²) >= 11 is 0. The van der Waals surface area contributed by atoms with Crippen LogP contribution in [0.5, 0.6) is 0 Å². The van der Waals surface area contributed by atoms with Crippen LogP contribution >= 0.6 is 0 Å². The lowest BCUT2D eigenvalue weighted by atomic mass is 9.98. The van der Waals surface area contributed by atoms with Crippen LogP contribution in [-0.2, 0) is 10.0 Å². The van der Waals surface area contributed by atoms with Crippen molar-refractivity contribution in [3.63, 3.8) is 0 Å². The monoisotopic (exact) mass is 310 g/mol. The van der Waals surface area contributed by atoms with E-state index in [1.807, 2.05) is 6.92 Å². The summed E-state index contributed by atoms with van der Waals surface area (Å²) in [5.74, 6) is 5.18. The Balaban J connectivity index is 2.27. The summed E-state index contributed by atoms with van der Waals surface area (Å²) in [4.78, 5) is 3.93. The van der Waals surface area contributed by atoms with Crippen molar-refractivity contribution in [2.24, 2.45) is 5.92 Å². The smallest absolute Gasteiger partial charge is 0.244 e. The van der Waals surface area contributed by atoms with Gasteiger partial charge in [0.1, 0.15) is 11.5 Å². The number of aliphatic hydroxyl groups excluding tert-OH is 2. The van der Waals surface area contributed by atoms with Gasteiger partial charge >= 0.3 is 0 Å². The van der Waals surface area contributed by atoms with Gasteiger partial charge in [0.05, 0.1) is 6.10 Å². The zero-order valence-corrected chi connectivity index (χ0v) is 12.5. The van der Waals surface area contributed by atoms with E-state index in [0.717, 1.165) is 0 Å².